The van der Waals surface area contributed by atoms with Gasteiger partial charge in [0.2, 0.25) is 0 Å². The van der Waals surface area contributed by atoms with E-state index in [2.05, 4.69) is 22.0 Å². The Kier molecular flexibility index (Phi) is 11.2. The summed E-state index contributed by atoms with van der Waals surface area (Å²) in [5.74, 6) is -1.91. The third-order valence-electron chi connectivity index (χ3n) is 7.33. The number of rotatable bonds is 13. The van der Waals surface area contributed by atoms with Crippen LogP contribution in [0.1, 0.15) is 56.5 Å². The van der Waals surface area contributed by atoms with E-state index in [0.29, 0.717) is 17.7 Å². The lowest BCUT2D eigenvalue weighted by Gasteiger charge is -2.49. The van der Waals surface area contributed by atoms with Gasteiger partial charge in [0.1, 0.15) is 35.0 Å². The average Bonchev–Trinajstić information content (AvgIpc) is 3.52. The quantitative estimate of drug-likeness (QED) is 0.0836. The minimum atomic E-state index is -0.973. The summed E-state index contributed by atoms with van der Waals surface area (Å²) in [5, 5.41) is 7.89. The van der Waals surface area contributed by atoms with Gasteiger partial charge in [-0.15, -0.1) is 23.1 Å². The Balaban J connectivity index is 1.29. The number of nitrogens with one attached hydrogen (secondary N) is 1. The number of β-lactam (4-membered cyclic amide) rings is 1. The fourth-order valence-corrected chi connectivity index (χ4v) is 7.02. The van der Waals surface area contributed by atoms with Crippen molar-refractivity contribution in [2.24, 2.45) is 5.16 Å². The molecule has 0 bridgehead atoms. The van der Waals surface area contributed by atoms with E-state index in [1.807, 2.05) is 60.7 Å². The molecule has 3 heterocycles. The van der Waals surface area contributed by atoms with E-state index >= 15 is 0 Å². The van der Waals surface area contributed by atoms with Gasteiger partial charge in [0.05, 0.1) is 0 Å². The summed E-state index contributed by atoms with van der Waals surface area (Å²) >= 11 is 2.49. The van der Waals surface area contributed by atoms with Crippen molar-refractivity contribution in [1.82, 2.24) is 15.2 Å². The molecule has 1 aromatic heterocycles. The maximum absolute atomic E-state index is 13.9. The molecule has 0 radical (unpaired) electrons. The lowest BCUT2D eigenvalue weighted by Crippen LogP contribution is -2.71. The highest BCUT2D eigenvalue weighted by Crippen LogP contribution is 2.42. The summed E-state index contributed by atoms with van der Waals surface area (Å²) < 4.78 is 11.4. The van der Waals surface area contributed by atoms with Gasteiger partial charge in [-0.2, -0.15) is 0 Å². The van der Waals surface area contributed by atoms with Crippen LogP contribution in [-0.2, 0) is 33.5 Å². The summed E-state index contributed by atoms with van der Waals surface area (Å²) in [6, 6.07) is 17.7. The van der Waals surface area contributed by atoms with E-state index in [9.17, 15) is 19.2 Å². The molecule has 3 aromatic rings. The SMILES string of the molecule is C=CC1=C(C(=O)OC(c2ccccc2)c2ccccc2)N2C(=O)C(NC(=O)/C(=N\OCCCC(=O)OC(C)(C)C)c3csc(N)n3)[C@H]2SC1. The number of oxime groups is 1. The first-order valence-electron chi connectivity index (χ1n) is 15.5. The van der Waals surface area contributed by atoms with Gasteiger partial charge in [-0.1, -0.05) is 78.5 Å². The van der Waals surface area contributed by atoms with Crippen molar-refractivity contribution >= 4 is 57.7 Å². The monoisotopic (exact) mass is 703 g/mol. The maximum atomic E-state index is 13.9. The van der Waals surface area contributed by atoms with Crippen LogP contribution in [-0.4, -0.2) is 68.7 Å². The number of benzene rings is 2. The Morgan fingerprint density at radius 3 is 2.35 bits per heavy atom. The third kappa shape index (κ3) is 8.56. The molecule has 2 atom stereocenters. The van der Waals surface area contributed by atoms with E-state index in [4.69, 9.17) is 20.0 Å². The van der Waals surface area contributed by atoms with Gasteiger partial charge in [-0.05, 0) is 43.9 Å². The lowest BCUT2D eigenvalue weighted by atomic mass is 10.0. The largest absolute Gasteiger partial charge is 0.460 e. The second kappa shape index (κ2) is 15.5. The molecule has 1 unspecified atom stereocenters. The Bertz CT molecular complexity index is 1730. The number of ether oxygens (including phenoxy) is 2. The molecule has 2 amide bonds. The second-order valence-corrected chi connectivity index (χ2v) is 14.1. The summed E-state index contributed by atoms with van der Waals surface area (Å²) in [6.45, 7) is 9.22. The average molecular weight is 704 g/mol. The maximum Gasteiger partial charge on any atom is 0.356 e. The molecule has 0 saturated carbocycles. The summed E-state index contributed by atoms with van der Waals surface area (Å²) in [4.78, 5) is 63.9. The number of amides is 2. The molecule has 2 aliphatic rings. The second-order valence-electron chi connectivity index (χ2n) is 12.1. The van der Waals surface area contributed by atoms with Gasteiger partial charge in [-0.3, -0.25) is 19.3 Å². The van der Waals surface area contributed by atoms with Crippen LogP contribution < -0.4 is 11.1 Å². The Labute approximate surface area is 292 Å². The van der Waals surface area contributed by atoms with Gasteiger partial charge < -0.3 is 25.4 Å². The van der Waals surface area contributed by atoms with E-state index in [1.165, 1.54) is 22.7 Å². The van der Waals surface area contributed by atoms with E-state index < -0.39 is 40.9 Å². The van der Waals surface area contributed by atoms with Crippen molar-refractivity contribution in [3.63, 3.8) is 0 Å². The fraction of sp³-hybridized carbons (Fsp3) is 0.314. The van der Waals surface area contributed by atoms with E-state index in [0.717, 1.165) is 22.5 Å². The number of thioether (sulfide) groups is 1. The van der Waals surface area contributed by atoms with Crippen LogP contribution in [0.25, 0.3) is 0 Å². The molecule has 12 nitrogen and oxygen atoms in total. The van der Waals surface area contributed by atoms with Crippen LogP contribution in [0.15, 0.2) is 95.1 Å². The van der Waals surface area contributed by atoms with E-state index in [-0.39, 0.29) is 41.2 Å². The van der Waals surface area contributed by atoms with E-state index in [1.54, 1.807) is 26.2 Å². The number of anilines is 1. The van der Waals surface area contributed by atoms with Crippen LogP contribution in [0.2, 0.25) is 0 Å². The van der Waals surface area contributed by atoms with Gasteiger partial charge in [0.15, 0.2) is 16.9 Å². The number of fused-ring (bicyclic) bond motifs is 1. The number of nitrogens with two attached hydrogens (primary N) is 1. The molecule has 256 valence electrons. The number of hydrogen-bond donors (Lipinski definition) is 2. The zero-order chi connectivity index (χ0) is 35.1. The van der Waals surface area contributed by atoms with Gasteiger partial charge in [0, 0.05) is 17.6 Å². The lowest BCUT2D eigenvalue weighted by molar-refractivity contribution is -0.155. The zero-order valence-corrected chi connectivity index (χ0v) is 28.9. The smallest absolute Gasteiger partial charge is 0.356 e. The standard InChI is InChI=1S/C35H37N5O7S2/c1-5-21-19-48-32-27(38-30(42)26(24-20-49-34(36)37-24)39-45-18-12-17-25(41)47-35(2,3)4)31(43)40(32)28(21)33(44)46-29(22-13-8-6-9-14-22)23-15-10-7-11-16-23/h5-11,13-16,20,27,29,32H,1,12,17-19H2,2-4H3,(H2,36,37)(H,38,42)/b39-26-/t27?,32-/m1/s1. The number of nitrogen functional groups attached to an aromatic ring is 1. The Hall–Kier alpha value is -4.95. The molecule has 2 aromatic carbocycles. The van der Waals surface area contributed by atoms with Gasteiger partial charge in [-0.25, -0.2) is 9.78 Å². The molecular weight excluding hydrogens is 667 g/mol. The highest BCUT2D eigenvalue weighted by atomic mass is 32.2. The minimum absolute atomic E-state index is 0.0256. The highest BCUT2D eigenvalue weighted by Gasteiger charge is 2.54. The van der Waals surface area contributed by atoms with Crippen LogP contribution in [0.3, 0.4) is 0 Å². The van der Waals surface area contributed by atoms with Crippen LogP contribution in [0.5, 0.6) is 0 Å². The first kappa shape index (κ1) is 35.4. The molecule has 0 spiro atoms. The number of nitrogens with zero attached hydrogens (tertiary/aromatic N) is 3. The molecule has 3 N–H and O–H groups in total. The molecule has 14 heteroatoms. The molecule has 49 heavy (non-hydrogen) atoms. The summed E-state index contributed by atoms with van der Waals surface area (Å²) in [5.41, 5.74) is 7.35. The third-order valence-corrected chi connectivity index (χ3v) is 9.30. The van der Waals surface area contributed by atoms with Gasteiger partial charge in [0.25, 0.3) is 11.8 Å². The predicted molar refractivity (Wildman–Crippen MR) is 187 cm³/mol. The van der Waals surface area contributed by atoms with Crippen molar-refractivity contribution < 1.29 is 33.5 Å². The topological polar surface area (TPSA) is 163 Å². The van der Waals surface area contributed by atoms with Gasteiger partial charge >= 0.3 is 11.9 Å². The molecular formula is C35H37N5O7S2. The number of carbonyl (C=O) groups is 4. The Morgan fingerprint density at radius 1 is 1.12 bits per heavy atom. The number of aromatic nitrogens is 1. The summed E-state index contributed by atoms with van der Waals surface area (Å²) in [6.07, 6.45) is 1.22. The normalized spacial score (nSPS) is 17.6. The van der Waals surface area contributed by atoms with Crippen LogP contribution >= 0.6 is 23.1 Å². The molecule has 1 saturated heterocycles. The Morgan fingerprint density at radius 2 is 1.78 bits per heavy atom. The number of carbonyl (C=O) groups excluding carboxylic acids is 4. The fourth-order valence-electron chi connectivity index (χ4n) is 5.13. The summed E-state index contributed by atoms with van der Waals surface area (Å²) in [7, 11) is 0. The zero-order valence-electron chi connectivity index (χ0n) is 27.3. The van der Waals surface area contributed by atoms with Crippen molar-refractivity contribution in [3.8, 4) is 0 Å². The van der Waals surface area contributed by atoms with Crippen molar-refractivity contribution in [2.45, 2.75) is 56.7 Å². The predicted octanol–water partition coefficient (Wildman–Crippen LogP) is 4.74. The van der Waals surface area contributed by atoms with Crippen molar-refractivity contribution in [3.05, 3.63) is 107 Å². The first-order chi connectivity index (χ1) is 23.5. The minimum Gasteiger partial charge on any atom is -0.460 e. The molecule has 5 rings (SSSR count). The van der Waals surface area contributed by atoms with Crippen LogP contribution in [0.4, 0.5) is 5.13 Å². The number of esters is 2. The number of allylic oxidation sites excluding steroid dienone is 1. The van der Waals surface area contributed by atoms with Crippen LogP contribution in [0, 0.1) is 0 Å². The first-order valence-corrected chi connectivity index (χ1v) is 17.4. The molecule has 2 aliphatic heterocycles. The molecule has 1 fully saturated rings. The van der Waals surface area contributed by atoms with Crippen molar-refractivity contribution in [1.29, 1.82) is 0 Å². The molecule has 0 aliphatic carbocycles. The number of thiazole rings is 1. The van der Waals surface area contributed by atoms with Crippen molar-refractivity contribution in [2.75, 3.05) is 18.1 Å². The number of hydrogen-bond acceptors (Lipinski definition) is 12. The highest BCUT2D eigenvalue weighted by molar-refractivity contribution is 8.00.